The van der Waals surface area contributed by atoms with E-state index in [1.165, 1.54) is 6.07 Å². The minimum atomic E-state index is -1.13. The number of carbonyl (C=O) groups is 2. The lowest BCUT2D eigenvalue weighted by atomic mass is 10.2. The molecule has 3 N–H and O–H groups in total. The second-order valence-corrected chi connectivity index (χ2v) is 7.72. The monoisotopic (exact) mass is 448 g/mol. The summed E-state index contributed by atoms with van der Waals surface area (Å²) in [5, 5.41) is 22.0. The number of aliphatic hydroxyl groups is 1. The van der Waals surface area contributed by atoms with E-state index in [2.05, 4.69) is 10.2 Å². The van der Waals surface area contributed by atoms with E-state index in [1.54, 1.807) is 30.3 Å². The van der Waals surface area contributed by atoms with Gasteiger partial charge in [-0.3, -0.25) is 14.5 Å². The van der Waals surface area contributed by atoms with Crippen LogP contribution in [0.15, 0.2) is 48.5 Å². The molecular formula is C22H25ClN2O6. The van der Waals surface area contributed by atoms with E-state index in [0.717, 1.165) is 18.7 Å². The molecular weight excluding hydrogens is 424 g/mol. The highest BCUT2D eigenvalue weighted by Crippen LogP contribution is 2.21. The number of halogens is 1. The summed E-state index contributed by atoms with van der Waals surface area (Å²) in [5.41, 5.74) is 0.216. The van der Waals surface area contributed by atoms with Crippen molar-refractivity contribution in [3.05, 3.63) is 59.1 Å². The minimum absolute atomic E-state index is 0.00241. The van der Waals surface area contributed by atoms with Crippen LogP contribution in [0.4, 0.5) is 0 Å². The first-order chi connectivity index (χ1) is 14.9. The molecule has 166 valence electrons. The lowest BCUT2D eigenvalue weighted by Crippen LogP contribution is -2.35. The van der Waals surface area contributed by atoms with Crippen molar-refractivity contribution < 1.29 is 29.3 Å². The summed E-state index contributed by atoms with van der Waals surface area (Å²) in [6.45, 7) is 1.41. The molecule has 0 radical (unpaired) electrons. The molecule has 1 amide bonds. The van der Waals surface area contributed by atoms with E-state index in [9.17, 15) is 14.7 Å². The Kier molecular flexibility index (Phi) is 8.11. The fourth-order valence-electron chi connectivity index (χ4n) is 3.33. The number of aliphatic hydroxyl groups excluding tert-OH is 1. The number of hydrogen-bond donors (Lipinski definition) is 3. The molecule has 0 bridgehead atoms. The van der Waals surface area contributed by atoms with Gasteiger partial charge in [-0.15, -0.1) is 0 Å². The minimum Gasteiger partial charge on any atom is -0.490 e. The molecule has 2 aromatic rings. The van der Waals surface area contributed by atoms with Crippen molar-refractivity contribution in [1.82, 2.24) is 10.2 Å². The maximum atomic E-state index is 12.2. The number of rotatable bonds is 10. The van der Waals surface area contributed by atoms with Gasteiger partial charge in [0.25, 0.3) is 5.91 Å². The maximum absolute atomic E-state index is 12.2. The SMILES string of the molecule is O=C(O)CNC(=O)c1ccccc1OCC(O)CN1CCC(Oc2ccc(Cl)cc2)C1. The molecule has 1 saturated heterocycles. The number of benzene rings is 2. The molecule has 1 aliphatic heterocycles. The van der Waals surface area contributed by atoms with Gasteiger partial charge in [-0.1, -0.05) is 23.7 Å². The lowest BCUT2D eigenvalue weighted by molar-refractivity contribution is -0.135. The van der Waals surface area contributed by atoms with E-state index in [0.29, 0.717) is 18.1 Å². The van der Waals surface area contributed by atoms with Crippen LogP contribution in [0.3, 0.4) is 0 Å². The Bertz CT molecular complexity index is 892. The quantitative estimate of drug-likeness (QED) is 0.510. The van der Waals surface area contributed by atoms with Crippen LogP contribution in [-0.4, -0.2) is 72.0 Å². The number of aliphatic carboxylic acids is 1. The zero-order valence-corrected chi connectivity index (χ0v) is 17.6. The normalized spacial score (nSPS) is 17.2. The van der Waals surface area contributed by atoms with E-state index in [4.69, 9.17) is 26.2 Å². The molecule has 0 saturated carbocycles. The van der Waals surface area contributed by atoms with Gasteiger partial charge < -0.3 is 25.0 Å². The number of para-hydroxylation sites is 1. The fourth-order valence-corrected chi connectivity index (χ4v) is 3.46. The van der Waals surface area contributed by atoms with Gasteiger partial charge in [-0.25, -0.2) is 0 Å². The number of β-amino-alcohol motifs (C(OH)–C–C–N with tert-alkyl or cyclic N) is 1. The molecule has 2 aromatic carbocycles. The van der Waals surface area contributed by atoms with Gasteiger partial charge >= 0.3 is 5.97 Å². The molecule has 0 aromatic heterocycles. The van der Waals surface area contributed by atoms with Crippen LogP contribution in [0.5, 0.6) is 11.5 Å². The van der Waals surface area contributed by atoms with Gasteiger partial charge in [-0.2, -0.15) is 0 Å². The largest absolute Gasteiger partial charge is 0.490 e. The van der Waals surface area contributed by atoms with Gasteiger partial charge in [0, 0.05) is 24.7 Å². The predicted molar refractivity (Wildman–Crippen MR) is 115 cm³/mol. The molecule has 3 rings (SSSR count). The van der Waals surface area contributed by atoms with Crippen molar-refractivity contribution in [3.8, 4) is 11.5 Å². The third-order valence-electron chi connectivity index (χ3n) is 4.78. The summed E-state index contributed by atoms with van der Waals surface area (Å²) >= 11 is 5.89. The Morgan fingerprint density at radius 2 is 1.94 bits per heavy atom. The summed E-state index contributed by atoms with van der Waals surface area (Å²) in [4.78, 5) is 24.9. The van der Waals surface area contributed by atoms with E-state index in [1.807, 2.05) is 12.1 Å². The van der Waals surface area contributed by atoms with Crippen LogP contribution in [-0.2, 0) is 4.79 Å². The third kappa shape index (κ3) is 7.13. The van der Waals surface area contributed by atoms with Crippen LogP contribution >= 0.6 is 11.6 Å². The van der Waals surface area contributed by atoms with Crippen LogP contribution < -0.4 is 14.8 Å². The highest BCUT2D eigenvalue weighted by atomic mass is 35.5. The van der Waals surface area contributed by atoms with Gasteiger partial charge in [-0.05, 0) is 42.8 Å². The van der Waals surface area contributed by atoms with E-state index in [-0.39, 0.29) is 24.0 Å². The van der Waals surface area contributed by atoms with Gasteiger partial charge in [0.2, 0.25) is 0 Å². The average Bonchev–Trinajstić information content (AvgIpc) is 3.19. The number of amides is 1. The van der Waals surface area contributed by atoms with Crippen molar-refractivity contribution in [3.63, 3.8) is 0 Å². The van der Waals surface area contributed by atoms with Crippen molar-refractivity contribution in [2.45, 2.75) is 18.6 Å². The predicted octanol–water partition coefficient (Wildman–Crippen LogP) is 2.05. The second-order valence-electron chi connectivity index (χ2n) is 7.28. The van der Waals surface area contributed by atoms with Crippen molar-refractivity contribution >= 4 is 23.5 Å². The molecule has 1 fully saturated rings. The van der Waals surface area contributed by atoms with Crippen molar-refractivity contribution in [2.24, 2.45) is 0 Å². The smallest absolute Gasteiger partial charge is 0.322 e. The number of nitrogens with zero attached hydrogens (tertiary/aromatic N) is 1. The molecule has 0 aliphatic carbocycles. The average molecular weight is 449 g/mol. The fraction of sp³-hybridized carbons (Fsp3) is 0.364. The van der Waals surface area contributed by atoms with E-state index >= 15 is 0 Å². The Morgan fingerprint density at radius 1 is 1.19 bits per heavy atom. The van der Waals surface area contributed by atoms with Crippen LogP contribution in [0.25, 0.3) is 0 Å². The Balaban J connectivity index is 1.45. The lowest BCUT2D eigenvalue weighted by Gasteiger charge is -2.21. The summed E-state index contributed by atoms with van der Waals surface area (Å²) in [6, 6.07) is 13.7. The number of carboxylic acids is 1. The molecule has 31 heavy (non-hydrogen) atoms. The summed E-state index contributed by atoms with van der Waals surface area (Å²) in [7, 11) is 0. The zero-order valence-electron chi connectivity index (χ0n) is 16.9. The number of carboxylic acid groups (broad SMARTS) is 1. The number of hydrogen-bond acceptors (Lipinski definition) is 6. The Hall–Kier alpha value is -2.81. The van der Waals surface area contributed by atoms with Crippen molar-refractivity contribution in [2.75, 3.05) is 32.8 Å². The molecule has 1 heterocycles. The Morgan fingerprint density at radius 3 is 2.68 bits per heavy atom. The van der Waals surface area contributed by atoms with Crippen LogP contribution in [0, 0.1) is 0 Å². The molecule has 2 unspecified atom stereocenters. The highest BCUT2D eigenvalue weighted by molar-refractivity contribution is 6.30. The highest BCUT2D eigenvalue weighted by Gasteiger charge is 2.26. The standard InChI is InChI=1S/C22H25ClN2O6/c23-15-5-7-17(8-6-15)31-18-9-10-25(13-18)12-16(26)14-30-20-4-2-1-3-19(20)22(29)24-11-21(27)28/h1-8,16,18,26H,9-14H2,(H,24,29)(H,27,28). The zero-order chi connectivity index (χ0) is 22.2. The van der Waals surface area contributed by atoms with Gasteiger partial charge in [0.15, 0.2) is 0 Å². The summed E-state index contributed by atoms with van der Waals surface area (Å²) in [5.74, 6) is -0.631. The first-order valence-corrected chi connectivity index (χ1v) is 10.3. The van der Waals surface area contributed by atoms with Crippen LogP contribution in [0.1, 0.15) is 16.8 Å². The topological polar surface area (TPSA) is 108 Å². The van der Waals surface area contributed by atoms with Crippen molar-refractivity contribution in [1.29, 1.82) is 0 Å². The van der Waals surface area contributed by atoms with Gasteiger partial charge in [0.1, 0.15) is 36.9 Å². The summed E-state index contributed by atoms with van der Waals surface area (Å²) in [6.07, 6.45) is 0.125. The number of ether oxygens (including phenoxy) is 2. The van der Waals surface area contributed by atoms with E-state index < -0.39 is 24.5 Å². The first kappa shape index (κ1) is 22.9. The first-order valence-electron chi connectivity index (χ1n) is 9.95. The number of likely N-dealkylation sites (tertiary alicyclic amines) is 1. The van der Waals surface area contributed by atoms with Crippen LogP contribution in [0.2, 0.25) is 5.02 Å². The van der Waals surface area contributed by atoms with Gasteiger partial charge in [0.05, 0.1) is 5.56 Å². The molecule has 9 heteroatoms. The molecule has 2 atom stereocenters. The third-order valence-corrected chi connectivity index (χ3v) is 5.03. The molecule has 1 aliphatic rings. The Labute approximate surface area is 185 Å². The maximum Gasteiger partial charge on any atom is 0.322 e. The second kappa shape index (κ2) is 11.0. The number of carbonyl (C=O) groups excluding carboxylic acids is 1. The summed E-state index contributed by atoms with van der Waals surface area (Å²) < 4.78 is 11.6. The number of nitrogens with one attached hydrogen (secondary N) is 1. The molecule has 0 spiro atoms. The molecule has 8 nitrogen and oxygen atoms in total.